The second-order valence-electron chi connectivity index (χ2n) is 10.1. The molecule has 3 aromatic carbocycles. The second kappa shape index (κ2) is 11.0. The Kier molecular flexibility index (Phi) is 7.42. The van der Waals surface area contributed by atoms with Crippen LogP contribution in [0.3, 0.4) is 0 Å². The molecule has 0 spiro atoms. The average Bonchev–Trinajstić information content (AvgIpc) is 3.36. The van der Waals surface area contributed by atoms with E-state index in [4.69, 9.17) is 4.52 Å². The predicted molar refractivity (Wildman–Crippen MR) is 142 cm³/mol. The van der Waals surface area contributed by atoms with Gasteiger partial charge < -0.3 is 9.84 Å². The van der Waals surface area contributed by atoms with Crippen LogP contribution in [0.5, 0.6) is 0 Å². The minimum atomic E-state index is 0.0662. The molecule has 1 amide bonds. The van der Waals surface area contributed by atoms with Crippen molar-refractivity contribution in [3.8, 4) is 11.4 Å². The smallest absolute Gasteiger partial charge is 0.241 e. The van der Waals surface area contributed by atoms with Gasteiger partial charge in [-0.1, -0.05) is 78.3 Å². The van der Waals surface area contributed by atoms with E-state index in [0.717, 1.165) is 37.9 Å². The summed E-state index contributed by atoms with van der Waals surface area (Å²) in [6.07, 6.45) is 2.65. The molecule has 0 radical (unpaired) electrons. The molecule has 36 heavy (non-hydrogen) atoms. The molecule has 1 aliphatic heterocycles. The molecular weight excluding hydrogens is 448 g/mol. The van der Waals surface area contributed by atoms with Crippen molar-refractivity contribution in [1.29, 1.82) is 0 Å². The summed E-state index contributed by atoms with van der Waals surface area (Å²) in [5, 5.41) is 9.93. The number of benzene rings is 3. The van der Waals surface area contributed by atoms with Gasteiger partial charge in [0.05, 0.1) is 6.54 Å². The molecule has 1 aliphatic rings. The van der Waals surface area contributed by atoms with Crippen molar-refractivity contribution in [2.75, 3.05) is 19.6 Å². The Morgan fingerprint density at radius 1 is 1.08 bits per heavy atom. The van der Waals surface area contributed by atoms with Gasteiger partial charge in [0.15, 0.2) is 0 Å². The number of fused-ring (bicyclic) bond motifs is 1. The van der Waals surface area contributed by atoms with E-state index >= 15 is 0 Å². The largest absolute Gasteiger partial charge is 0.356 e. The molecule has 0 bridgehead atoms. The first-order chi connectivity index (χ1) is 17.5. The van der Waals surface area contributed by atoms with E-state index in [9.17, 15) is 4.79 Å². The van der Waals surface area contributed by atoms with Crippen LogP contribution in [0.1, 0.15) is 36.8 Å². The summed E-state index contributed by atoms with van der Waals surface area (Å²) in [5.41, 5.74) is 3.48. The zero-order valence-corrected chi connectivity index (χ0v) is 21.1. The van der Waals surface area contributed by atoms with Gasteiger partial charge >= 0.3 is 0 Å². The Morgan fingerprint density at radius 3 is 2.69 bits per heavy atom. The molecule has 0 aliphatic carbocycles. The maximum atomic E-state index is 12.8. The Hall–Kier alpha value is -3.51. The maximum Gasteiger partial charge on any atom is 0.241 e. The number of piperidine rings is 1. The zero-order valence-electron chi connectivity index (χ0n) is 21.1. The Labute approximate surface area is 212 Å². The average molecular weight is 483 g/mol. The first-order valence-electron chi connectivity index (χ1n) is 12.9. The van der Waals surface area contributed by atoms with Crippen LogP contribution in [0.15, 0.2) is 71.3 Å². The summed E-state index contributed by atoms with van der Waals surface area (Å²) in [6, 6.07) is 23.1. The summed E-state index contributed by atoms with van der Waals surface area (Å²) in [7, 11) is 0. The predicted octanol–water partition coefficient (Wildman–Crippen LogP) is 5.41. The van der Waals surface area contributed by atoms with Gasteiger partial charge in [-0.05, 0) is 67.6 Å². The van der Waals surface area contributed by atoms with E-state index in [1.807, 2.05) is 12.1 Å². The summed E-state index contributed by atoms with van der Waals surface area (Å²) in [5.74, 6) is 1.87. The fraction of sp³-hybridized carbons (Fsp3) is 0.367. The molecule has 5 rings (SSSR count). The molecule has 6 heteroatoms. The summed E-state index contributed by atoms with van der Waals surface area (Å²) >= 11 is 0. The number of likely N-dealkylation sites (tertiary alicyclic amines) is 1. The standard InChI is InChI=1S/C30H34N4O2/c1-21-7-5-11-26(17-21)29-32-28(36-33-29)20-34-15-13-24(14-16-34)30(35)31-19-22(2)18-25-10-6-9-23-8-3-4-12-27(23)25/h3-12,17,22,24H,13-16,18-20H2,1-2H3,(H,31,35). The molecule has 2 heterocycles. The number of amides is 1. The van der Waals surface area contributed by atoms with E-state index in [0.29, 0.717) is 30.7 Å². The van der Waals surface area contributed by atoms with Gasteiger partial charge in [0.1, 0.15) is 0 Å². The number of nitrogens with one attached hydrogen (secondary N) is 1. The number of aryl methyl sites for hydroxylation is 1. The van der Waals surface area contributed by atoms with E-state index in [-0.39, 0.29) is 11.8 Å². The topological polar surface area (TPSA) is 71.3 Å². The fourth-order valence-corrected chi connectivity index (χ4v) is 5.10. The lowest BCUT2D eigenvalue weighted by molar-refractivity contribution is -0.126. The molecule has 6 nitrogen and oxygen atoms in total. The van der Waals surface area contributed by atoms with Crippen molar-refractivity contribution in [2.24, 2.45) is 11.8 Å². The lowest BCUT2D eigenvalue weighted by Gasteiger charge is -2.30. The number of hydrogen-bond donors (Lipinski definition) is 1. The van der Waals surface area contributed by atoms with Gasteiger partial charge in [-0.2, -0.15) is 4.98 Å². The Morgan fingerprint density at radius 2 is 1.86 bits per heavy atom. The van der Waals surface area contributed by atoms with Crippen LogP contribution in [0.25, 0.3) is 22.2 Å². The molecule has 1 fully saturated rings. The number of hydrogen-bond acceptors (Lipinski definition) is 5. The number of carbonyl (C=O) groups excluding carboxylic acids is 1. The van der Waals surface area contributed by atoms with E-state index in [1.165, 1.54) is 21.9 Å². The van der Waals surface area contributed by atoms with Gasteiger partial charge in [0.2, 0.25) is 17.6 Å². The Balaban J connectivity index is 1.07. The summed E-state index contributed by atoms with van der Waals surface area (Å²) in [4.78, 5) is 19.7. The second-order valence-corrected chi connectivity index (χ2v) is 10.1. The first-order valence-corrected chi connectivity index (χ1v) is 12.9. The minimum Gasteiger partial charge on any atom is -0.356 e. The normalized spacial score (nSPS) is 15.7. The van der Waals surface area contributed by atoms with Crippen molar-refractivity contribution < 1.29 is 9.32 Å². The van der Waals surface area contributed by atoms with Crippen molar-refractivity contribution in [3.63, 3.8) is 0 Å². The highest BCUT2D eigenvalue weighted by molar-refractivity contribution is 5.85. The van der Waals surface area contributed by atoms with Gasteiger partial charge in [-0.25, -0.2) is 0 Å². The van der Waals surface area contributed by atoms with Crippen LogP contribution in [0.2, 0.25) is 0 Å². The van der Waals surface area contributed by atoms with Crippen LogP contribution < -0.4 is 5.32 Å². The monoisotopic (exact) mass is 482 g/mol. The lowest BCUT2D eigenvalue weighted by atomic mass is 9.94. The molecule has 186 valence electrons. The van der Waals surface area contributed by atoms with Gasteiger partial charge in [0.25, 0.3) is 0 Å². The van der Waals surface area contributed by atoms with Gasteiger partial charge in [0, 0.05) is 18.0 Å². The van der Waals surface area contributed by atoms with Gasteiger partial charge in [-0.3, -0.25) is 9.69 Å². The third kappa shape index (κ3) is 5.82. The van der Waals surface area contributed by atoms with Crippen LogP contribution in [-0.4, -0.2) is 40.6 Å². The van der Waals surface area contributed by atoms with Crippen molar-refractivity contribution in [3.05, 3.63) is 83.7 Å². The van der Waals surface area contributed by atoms with Crippen LogP contribution in [-0.2, 0) is 17.8 Å². The summed E-state index contributed by atoms with van der Waals surface area (Å²) in [6.45, 7) is 7.29. The molecule has 4 aromatic rings. The third-order valence-electron chi connectivity index (χ3n) is 7.13. The third-order valence-corrected chi connectivity index (χ3v) is 7.13. The lowest BCUT2D eigenvalue weighted by Crippen LogP contribution is -2.41. The molecule has 1 saturated heterocycles. The minimum absolute atomic E-state index is 0.0662. The van der Waals surface area contributed by atoms with Crippen LogP contribution >= 0.6 is 0 Å². The highest BCUT2D eigenvalue weighted by Crippen LogP contribution is 2.23. The van der Waals surface area contributed by atoms with E-state index in [1.54, 1.807) is 0 Å². The maximum absolute atomic E-state index is 12.8. The zero-order chi connectivity index (χ0) is 24.9. The molecule has 1 aromatic heterocycles. The van der Waals surface area contributed by atoms with E-state index < -0.39 is 0 Å². The first kappa shape index (κ1) is 24.2. The number of carbonyl (C=O) groups is 1. The number of nitrogens with zero attached hydrogens (tertiary/aromatic N) is 3. The highest BCUT2D eigenvalue weighted by atomic mass is 16.5. The molecule has 1 N–H and O–H groups in total. The van der Waals surface area contributed by atoms with Crippen LogP contribution in [0.4, 0.5) is 0 Å². The van der Waals surface area contributed by atoms with Crippen molar-refractivity contribution in [2.45, 2.75) is 39.7 Å². The Bertz CT molecular complexity index is 1320. The fourth-order valence-electron chi connectivity index (χ4n) is 5.10. The molecule has 1 atom stereocenters. The van der Waals surface area contributed by atoms with Crippen LogP contribution in [0, 0.1) is 18.8 Å². The molecule has 0 saturated carbocycles. The molecule has 1 unspecified atom stereocenters. The quantitative estimate of drug-likeness (QED) is 0.364. The molecular formula is C30H34N4O2. The number of rotatable bonds is 8. The SMILES string of the molecule is Cc1cccc(-c2noc(CN3CCC(C(=O)NCC(C)Cc4cccc5ccccc45)CC3)n2)c1. The summed E-state index contributed by atoms with van der Waals surface area (Å²) < 4.78 is 5.49. The van der Waals surface area contributed by atoms with Crippen molar-refractivity contribution >= 4 is 16.7 Å². The van der Waals surface area contributed by atoms with Crippen molar-refractivity contribution in [1.82, 2.24) is 20.4 Å². The highest BCUT2D eigenvalue weighted by Gasteiger charge is 2.26. The van der Waals surface area contributed by atoms with E-state index in [2.05, 4.69) is 88.8 Å². The van der Waals surface area contributed by atoms with Gasteiger partial charge in [-0.15, -0.1) is 0 Å². The number of aromatic nitrogens is 2.